The van der Waals surface area contributed by atoms with E-state index in [0.717, 1.165) is 0 Å². The predicted molar refractivity (Wildman–Crippen MR) is 75.7 cm³/mol. The number of aryl methyl sites for hydroxylation is 1. The first-order valence-corrected chi connectivity index (χ1v) is 6.91. The monoisotopic (exact) mass is 307 g/mol. The largest absolute Gasteiger partial charge is 0.469 e. The van der Waals surface area contributed by atoms with Crippen LogP contribution in [0.15, 0.2) is 34.3 Å². The smallest absolute Gasteiger partial charge is 0.273 e. The van der Waals surface area contributed by atoms with E-state index in [2.05, 4.69) is 16.2 Å². The van der Waals surface area contributed by atoms with E-state index >= 15 is 0 Å². The first kappa shape index (κ1) is 14.8. The van der Waals surface area contributed by atoms with E-state index in [-0.39, 0.29) is 12.5 Å². The zero-order valence-electron chi connectivity index (χ0n) is 11.1. The van der Waals surface area contributed by atoms with Gasteiger partial charge in [-0.25, -0.2) is 0 Å². The number of carbonyl (C=O) groups is 3. The fraction of sp³-hybridized carbons (Fsp3) is 0.154. The Hall–Kier alpha value is -2.61. The molecule has 2 aromatic rings. The Bertz CT molecular complexity index is 648. The van der Waals surface area contributed by atoms with Crippen LogP contribution in [0.4, 0.5) is 0 Å². The third-order valence-corrected chi connectivity index (χ3v) is 3.44. The van der Waals surface area contributed by atoms with Gasteiger partial charge in [-0.2, -0.15) is 0 Å². The summed E-state index contributed by atoms with van der Waals surface area (Å²) in [6.07, 6.45) is 1.38. The van der Waals surface area contributed by atoms with Crippen LogP contribution in [0.25, 0.3) is 0 Å². The second kappa shape index (κ2) is 6.71. The number of nitrogens with one attached hydrogen (secondary N) is 3. The number of hydrogen-bond acceptors (Lipinski definition) is 5. The van der Waals surface area contributed by atoms with Gasteiger partial charge >= 0.3 is 0 Å². The number of thiophene rings is 1. The highest BCUT2D eigenvalue weighted by molar-refractivity contribution is 7.12. The molecular weight excluding hydrogens is 294 g/mol. The van der Waals surface area contributed by atoms with Crippen molar-refractivity contribution in [2.75, 3.05) is 6.54 Å². The average Bonchev–Trinajstić information content (AvgIpc) is 3.13. The Morgan fingerprint density at radius 1 is 1.19 bits per heavy atom. The van der Waals surface area contributed by atoms with Crippen molar-refractivity contribution in [3.05, 3.63) is 46.0 Å². The second-order valence-corrected chi connectivity index (χ2v) is 5.00. The Morgan fingerprint density at radius 3 is 2.62 bits per heavy atom. The highest BCUT2D eigenvalue weighted by Crippen LogP contribution is 2.08. The first-order valence-electron chi connectivity index (χ1n) is 6.03. The maximum Gasteiger partial charge on any atom is 0.273 e. The van der Waals surface area contributed by atoms with E-state index in [4.69, 9.17) is 4.42 Å². The molecule has 8 heteroatoms. The highest BCUT2D eigenvalue weighted by Gasteiger charge is 2.13. The normalized spacial score (nSPS) is 9.95. The molecule has 0 saturated heterocycles. The van der Waals surface area contributed by atoms with Crippen LogP contribution < -0.4 is 16.2 Å². The summed E-state index contributed by atoms with van der Waals surface area (Å²) in [4.78, 5) is 35.3. The molecule has 0 fully saturated rings. The summed E-state index contributed by atoms with van der Waals surface area (Å²) < 4.78 is 4.98. The SMILES string of the molecule is Cc1occc1C(=O)NNC(=O)CNC(=O)c1cccs1. The summed E-state index contributed by atoms with van der Waals surface area (Å²) in [7, 11) is 0. The summed E-state index contributed by atoms with van der Waals surface area (Å²) in [5.41, 5.74) is 4.78. The molecule has 3 amide bonds. The number of furan rings is 1. The lowest BCUT2D eigenvalue weighted by Crippen LogP contribution is -2.46. The van der Waals surface area contributed by atoms with Crippen LogP contribution in [0, 0.1) is 6.92 Å². The van der Waals surface area contributed by atoms with Crippen LogP contribution in [0.5, 0.6) is 0 Å². The molecule has 7 nitrogen and oxygen atoms in total. The minimum atomic E-state index is -0.533. The van der Waals surface area contributed by atoms with Gasteiger partial charge in [-0.05, 0) is 24.4 Å². The molecule has 0 aliphatic rings. The van der Waals surface area contributed by atoms with Crippen LogP contribution in [0.1, 0.15) is 25.8 Å². The van der Waals surface area contributed by atoms with Crippen LogP contribution in [-0.4, -0.2) is 24.3 Å². The number of amides is 3. The molecule has 2 rings (SSSR count). The number of rotatable bonds is 4. The third-order valence-electron chi connectivity index (χ3n) is 2.57. The Balaban J connectivity index is 1.74. The van der Waals surface area contributed by atoms with Crippen LogP contribution in [-0.2, 0) is 4.79 Å². The maximum absolute atomic E-state index is 11.7. The van der Waals surface area contributed by atoms with E-state index in [1.54, 1.807) is 24.4 Å². The van der Waals surface area contributed by atoms with Crippen LogP contribution in [0.3, 0.4) is 0 Å². The number of carbonyl (C=O) groups excluding carboxylic acids is 3. The van der Waals surface area contributed by atoms with Gasteiger partial charge in [-0.3, -0.25) is 25.2 Å². The van der Waals surface area contributed by atoms with Gasteiger partial charge in [0.1, 0.15) is 5.76 Å². The van der Waals surface area contributed by atoms with Crippen molar-refractivity contribution in [3.63, 3.8) is 0 Å². The van der Waals surface area contributed by atoms with Gasteiger partial charge in [-0.15, -0.1) is 11.3 Å². The van der Waals surface area contributed by atoms with Crippen molar-refractivity contribution in [1.29, 1.82) is 0 Å². The molecule has 0 aromatic carbocycles. The zero-order chi connectivity index (χ0) is 15.2. The molecular formula is C13H13N3O4S. The topological polar surface area (TPSA) is 100 Å². The molecule has 0 saturated carbocycles. The molecule has 110 valence electrons. The maximum atomic E-state index is 11.7. The Labute approximate surface area is 124 Å². The summed E-state index contributed by atoms with van der Waals surface area (Å²) in [6, 6.07) is 4.89. The Kier molecular flexibility index (Phi) is 4.72. The van der Waals surface area contributed by atoms with E-state index in [1.807, 2.05) is 0 Å². The molecule has 21 heavy (non-hydrogen) atoms. The van der Waals surface area contributed by atoms with Crippen molar-refractivity contribution in [3.8, 4) is 0 Å². The van der Waals surface area contributed by atoms with Crippen molar-refractivity contribution < 1.29 is 18.8 Å². The van der Waals surface area contributed by atoms with Gasteiger partial charge in [0.2, 0.25) is 0 Å². The molecule has 0 atom stereocenters. The lowest BCUT2D eigenvalue weighted by molar-refractivity contribution is -0.120. The minimum absolute atomic E-state index is 0.235. The van der Waals surface area contributed by atoms with Gasteiger partial charge < -0.3 is 9.73 Å². The number of hydrazine groups is 1. The molecule has 0 aliphatic heterocycles. The molecule has 0 aliphatic carbocycles. The molecule has 3 N–H and O–H groups in total. The average molecular weight is 307 g/mol. The summed E-state index contributed by atoms with van der Waals surface area (Å²) in [5, 5.41) is 4.21. The van der Waals surface area contributed by atoms with Crippen molar-refractivity contribution in [2.45, 2.75) is 6.92 Å². The summed E-state index contributed by atoms with van der Waals surface area (Å²) in [6.45, 7) is 1.40. The van der Waals surface area contributed by atoms with Gasteiger partial charge in [-0.1, -0.05) is 6.07 Å². The minimum Gasteiger partial charge on any atom is -0.469 e. The van der Waals surface area contributed by atoms with Gasteiger partial charge in [0, 0.05) is 0 Å². The standard InChI is InChI=1S/C13H13N3O4S/c1-8-9(4-5-20-8)12(18)16-15-11(17)7-14-13(19)10-3-2-6-21-10/h2-6H,7H2,1H3,(H,14,19)(H,15,17)(H,16,18). The highest BCUT2D eigenvalue weighted by atomic mass is 32.1. The van der Waals surface area contributed by atoms with Crippen molar-refractivity contribution in [2.24, 2.45) is 0 Å². The predicted octanol–water partition coefficient (Wildman–Crippen LogP) is 0.841. The van der Waals surface area contributed by atoms with Gasteiger partial charge in [0.15, 0.2) is 0 Å². The van der Waals surface area contributed by atoms with Gasteiger partial charge in [0.05, 0.1) is 23.2 Å². The molecule has 2 aromatic heterocycles. The fourth-order valence-corrected chi connectivity index (χ4v) is 2.15. The molecule has 2 heterocycles. The third kappa shape index (κ3) is 3.93. The molecule has 0 bridgehead atoms. The molecule has 0 radical (unpaired) electrons. The lowest BCUT2D eigenvalue weighted by Gasteiger charge is -2.07. The van der Waals surface area contributed by atoms with Crippen LogP contribution in [0.2, 0.25) is 0 Å². The zero-order valence-corrected chi connectivity index (χ0v) is 12.0. The molecule has 0 spiro atoms. The van der Waals surface area contributed by atoms with E-state index in [1.165, 1.54) is 23.7 Å². The van der Waals surface area contributed by atoms with Crippen molar-refractivity contribution in [1.82, 2.24) is 16.2 Å². The fourth-order valence-electron chi connectivity index (χ4n) is 1.51. The van der Waals surface area contributed by atoms with Crippen molar-refractivity contribution >= 4 is 29.1 Å². The quantitative estimate of drug-likeness (QED) is 0.729. The first-order chi connectivity index (χ1) is 10.1. The van der Waals surface area contributed by atoms with Gasteiger partial charge in [0.25, 0.3) is 17.7 Å². The summed E-state index contributed by atoms with van der Waals surface area (Å²) in [5.74, 6) is -0.904. The van der Waals surface area contributed by atoms with E-state index in [9.17, 15) is 14.4 Å². The summed E-state index contributed by atoms with van der Waals surface area (Å²) >= 11 is 1.28. The second-order valence-electron chi connectivity index (χ2n) is 4.05. The molecule has 0 unspecified atom stereocenters. The lowest BCUT2D eigenvalue weighted by atomic mass is 10.2. The van der Waals surface area contributed by atoms with E-state index in [0.29, 0.717) is 16.2 Å². The Morgan fingerprint density at radius 2 is 2.00 bits per heavy atom. The van der Waals surface area contributed by atoms with Crippen LogP contribution >= 0.6 is 11.3 Å². The number of hydrogen-bond donors (Lipinski definition) is 3. The van der Waals surface area contributed by atoms with E-state index < -0.39 is 11.8 Å².